The van der Waals surface area contributed by atoms with Crippen LogP contribution in [0.3, 0.4) is 0 Å². The summed E-state index contributed by atoms with van der Waals surface area (Å²) in [7, 11) is 0. The highest BCUT2D eigenvalue weighted by molar-refractivity contribution is 6.05. The Balaban J connectivity index is 2.05. The molecule has 2 rings (SSSR count). The standard InChI is InChI=1S/C16H22N2O2/c1-11(2)16(3)10-14(19)18(15(16)20)9-8-12-4-6-13(17)7-5-12/h4-7,11H,8-10,17H2,1-3H3. The lowest BCUT2D eigenvalue weighted by atomic mass is 9.78. The minimum atomic E-state index is -0.543. The topological polar surface area (TPSA) is 63.4 Å². The minimum Gasteiger partial charge on any atom is -0.399 e. The predicted molar refractivity (Wildman–Crippen MR) is 78.8 cm³/mol. The van der Waals surface area contributed by atoms with Gasteiger partial charge in [-0.2, -0.15) is 0 Å². The van der Waals surface area contributed by atoms with Gasteiger partial charge in [0, 0.05) is 18.7 Å². The molecule has 4 heteroatoms. The van der Waals surface area contributed by atoms with E-state index in [1.165, 1.54) is 4.90 Å². The molecule has 4 nitrogen and oxygen atoms in total. The molecule has 1 aliphatic heterocycles. The van der Waals surface area contributed by atoms with E-state index in [4.69, 9.17) is 5.73 Å². The third kappa shape index (κ3) is 2.55. The zero-order valence-electron chi connectivity index (χ0n) is 12.3. The maximum Gasteiger partial charge on any atom is 0.235 e. The molecule has 20 heavy (non-hydrogen) atoms. The summed E-state index contributed by atoms with van der Waals surface area (Å²) < 4.78 is 0. The Morgan fingerprint density at radius 3 is 2.35 bits per heavy atom. The lowest BCUT2D eigenvalue weighted by Crippen LogP contribution is -2.37. The van der Waals surface area contributed by atoms with Crippen molar-refractivity contribution < 1.29 is 9.59 Å². The van der Waals surface area contributed by atoms with E-state index in [0.29, 0.717) is 19.4 Å². The van der Waals surface area contributed by atoms with E-state index >= 15 is 0 Å². The number of carbonyl (C=O) groups excluding carboxylic acids is 2. The van der Waals surface area contributed by atoms with Gasteiger partial charge < -0.3 is 5.73 Å². The second kappa shape index (κ2) is 5.27. The Hall–Kier alpha value is -1.84. The highest BCUT2D eigenvalue weighted by atomic mass is 16.2. The molecule has 0 aromatic heterocycles. The molecule has 1 aliphatic rings. The number of amides is 2. The normalized spacial score (nSPS) is 22.9. The van der Waals surface area contributed by atoms with Gasteiger partial charge in [0.05, 0.1) is 5.41 Å². The van der Waals surface area contributed by atoms with Crippen molar-refractivity contribution in [3.05, 3.63) is 29.8 Å². The summed E-state index contributed by atoms with van der Waals surface area (Å²) in [6, 6.07) is 7.53. The van der Waals surface area contributed by atoms with Gasteiger partial charge in [-0.3, -0.25) is 14.5 Å². The molecule has 1 saturated heterocycles. The van der Waals surface area contributed by atoms with Crippen LogP contribution in [0.5, 0.6) is 0 Å². The molecule has 0 spiro atoms. The molecule has 0 saturated carbocycles. The zero-order chi connectivity index (χ0) is 14.9. The first-order chi connectivity index (χ1) is 9.34. The van der Waals surface area contributed by atoms with Crippen LogP contribution in [0.15, 0.2) is 24.3 Å². The number of imide groups is 1. The van der Waals surface area contributed by atoms with E-state index in [1.54, 1.807) is 0 Å². The monoisotopic (exact) mass is 274 g/mol. The molecule has 1 aromatic rings. The molecule has 1 heterocycles. The molecule has 1 unspecified atom stereocenters. The largest absolute Gasteiger partial charge is 0.399 e. The number of hydrogen-bond acceptors (Lipinski definition) is 3. The van der Waals surface area contributed by atoms with Gasteiger partial charge >= 0.3 is 0 Å². The lowest BCUT2D eigenvalue weighted by molar-refractivity contribution is -0.141. The summed E-state index contributed by atoms with van der Waals surface area (Å²) in [5, 5.41) is 0. The SMILES string of the molecule is CC(C)C1(C)CC(=O)N(CCc2ccc(N)cc2)C1=O. The van der Waals surface area contributed by atoms with E-state index in [0.717, 1.165) is 11.3 Å². The molecule has 0 bridgehead atoms. The summed E-state index contributed by atoms with van der Waals surface area (Å²) in [6.07, 6.45) is 0.997. The van der Waals surface area contributed by atoms with Crippen molar-refractivity contribution >= 4 is 17.5 Å². The van der Waals surface area contributed by atoms with Gasteiger partial charge in [-0.15, -0.1) is 0 Å². The molecular formula is C16H22N2O2. The molecule has 1 atom stereocenters. The van der Waals surface area contributed by atoms with Crippen molar-refractivity contribution in [2.75, 3.05) is 12.3 Å². The number of likely N-dealkylation sites (tertiary alicyclic amines) is 1. The predicted octanol–water partition coefficient (Wildman–Crippen LogP) is 2.23. The molecule has 108 valence electrons. The number of benzene rings is 1. The molecular weight excluding hydrogens is 252 g/mol. The maximum absolute atomic E-state index is 12.4. The fourth-order valence-corrected chi connectivity index (χ4v) is 2.51. The fraction of sp³-hybridized carbons (Fsp3) is 0.500. The summed E-state index contributed by atoms with van der Waals surface area (Å²) in [6.45, 7) is 6.33. The van der Waals surface area contributed by atoms with Crippen LogP contribution < -0.4 is 5.73 Å². The van der Waals surface area contributed by atoms with Gasteiger partial charge in [-0.25, -0.2) is 0 Å². The van der Waals surface area contributed by atoms with Crippen molar-refractivity contribution in [1.82, 2.24) is 4.90 Å². The Morgan fingerprint density at radius 1 is 1.25 bits per heavy atom. The molecule has 2 amide bonds. The van der Waals surface area contributed by atoms with Crippen LogP contribution in [0.2, 0.25) is 0 Å². The van der Waals surface area contributed by atoms with Crippen LogP contribution in [0.4, 0.5) is 5.69 Å². The Kier molecular flexibility index (Phi) is 3.84. The Labute approximate surface area is 119 Å². The smallest absolute Gasteiger partial charge is 0.235 e. The minimum absolute atomic E-state index is 0.0343. The van der Waals surface area contributed by atoms with Gasteiger partial charge in [-0.1, -0.05) is 26.0 Å². The first-order valence-electron chi connectivity index (χ1n) is 7.04. The average Bonchev–Trinajstić information content (AvgIpc) is 2.61. The van der Waals surface area contributed by atoms with Gasteiger partial charge in [0.25, 0.3) is 0 Å². The van der Waals surface area contributed by atoms with E-state index < -0.39 is 5.41 Å². The van der Waals surface area contributed by atoms with E-state index in [1.807, 2.05) is 45.0 Å². The highest BCUT2D eigenvalue weighted by Gasteiger charge is 2.49. The van der Waals surface area contributed by atoms with E-state index in [-0.39, 0.29) is 17.7 Å². The summed E-state index contributed by atoms with van der Waals surface area (Å²) in [5.41, 5.74) is 6.89. The van der Waals surface area contributed by atoms with Crippen molar-refractivity contribution in [1.29, 1.82) is 0 Å². The second-order valence-corrected chi connectivity index (χ2v) is 6.09. The van der Waals surface area contributed by atoms with E-state index in [9.17, 15) is 9.59 Å². The molecule has 0 radical (unpaired) electrons. The Bertz CT molecular complexity index is 522. The van der Waals surface area contributed by atoms with Crippen LogP contribution in [0.25, 0.3) is 0 Å². The van der Waals surface area contributed by atoms with Crippen LogP contribution in [0, 0.1) is 11.3 Å². The average molecular weight is 274 g/mol. The fourth-order valence-electron chi connectivity index (χ4n) is 2.51. The lowest BCUT2D eigenvalue weighted by Gasteiger charge is -2.26. The quantitative estimate of drug-likeness (QED) is 0.676. The van der Waals surface area contributed by atoms with E-state index in [2.05, 4.69) is 0 Å². The number of anilines is 1. The maximum atomic E-state index is 12.4. The Morgan fingerprint density at radius 2 is 1.85 bits per heavy atom. The molecule has 1 fully saturated rings. The van der Waals surface area contributed by atoms with Crippen LogP contribution in [0.1, 0.15) is 32.8 Å². The van der Waals surface area contributed by atoms with Crippen LogP contribution in [-0.4, -0.2) is 23.3 Å². The first-order valence-corrected chi connectivity index (χ1v) is 7.04. The van der Waals surface area contributed by atoms with Gasteiger partial charge in [-0.05, 0) is 37.0 Å². The number of nitrogen functional groups attached to an aromatic ring is 1. The van der Waals surface area contributed by atoms with Crippen molar-refractivity contribution in [3.63, 3.8) is 0 Å². The van der Waals surface area contributed by atoms with Crippen LogP contribution >= 0.6 is 0 Å². The highest BCUT2D eigenvalue weighted by Crippen LogP contribution is 2.39. The second-order valence-electron chi connectivity index (χ2n) is 6.09. The number of nitrogens with two attached hydrogens (primary N) is 1. The zero-order valence-corrected chi connectivity index (χ0v) is 12.3. The van der Waals surface area contributed by atoms with Crippen LogP contribution in [-0.2, 0) is 16.0 Å². The van der Waals surface area contributed by atoms with Gasteiger partial charge in [0.15, 0.2) is 0 Å². The summed E-state index contributed by atoms with van der Waals surface area (Å²) in [4.78, 5) is 25.9. The number of hydrogen-bond donors (Lipinski definition) is 1. The number of nitrogens with zero attached hydrogens (tertiary/aromatic N) is 1. The van der Waals surface area contributed by atoms with Gasteiger partial charge in [0.2, 0.25) is 11.8 Å². The van der Waals surface area contributed by atoms with Gasteiger partial charge in [0.1, 0.15) is 0 Å². The van der Waals surface area contributed by atoms with Crippen molar-refractivity contribution in [3.8, 4) is 0 Å². The summed E-state index contributed by atoms with van der Waals surface area (Å²) in [5.74, 6) is 0.0788. The van der Waals surface area contributed by atoms with Crippen molar-refractivity contribution in [2.45, 2.75) is 33.6 Å². The number of carbonyl (C=O) groups is 2. The first kappa shape index (κ1) is 14.6. The number of rotatable bonds is 4. The summed E-state index contributed by atoms with van der Waals surface area (Å²) >= 11 is 0. The molecule has 2 N–H and O–H groups in total. The van der Waals surface area contributed by atoms with Crippen molar-refractivity contribution in [2.24, 2.45) is 11.3 Å². The molecule has 0 aliphatic carbocycles. The third-order valence-electron chi connectivity index (χ3n) is 4.43. The molecule has 1 aromatic carbocycles. The third-order valence-corrected chi connectivity index (χ3v) is 4.43.